The fraction of sp³-hybridized carbons (Fsp3) is 0.167. The van der Waals surface area contributed by atoms with Crippen LogP contribution in [0.2, 0.25) is 0 Å². The average molecular weight is 278 g/mol. The van der Waals surface area contributed by atoms with Crippen LogP contribution in [-0.2, 0) is 6.54 Å². The Morgan fingerprint density at radius 1 is 1.19 bits per heavy atom. The van der Waals surface area contributed by atoms with Crippen molar-refractivity contribution in [2.75, 3.05) is 6.54 Å². The molecule has 0 heterocycles. The van der Waals surface area contributed by atoms with E-state index in [9.17, 15) is 4.79 Å². The van der Waals surface area contributed by atoms with Gasteiger partial charge in [-0.2, -0.15) is 0 Å². The molecule has 0 aromatic heterocycles. The molecule has 3 heteroatoms. The molecule has 0 bridgehead atoms. The van der Waals surface area contributed by atoms with Crippen molar-refractivity contribution in [1.29, 1.82) is 0 Å². The number of carbonyl (C=O) groups is 1. The molecule has 3 N–H and O–H groups in total. The third-order valence-electron chi connectivity index (χ3n) is 3.04. The van der Waals surface area contributed by atoms with Gasteiger partial charge < -0.3 is 11.1 Å². The molecule has 21 heavy (non-hydrogen) atoms. The Kier molecular flexibility index (Phi) is 5.14. The first kappa shape index (κ1) is 14.8. The molecule has 2 aromatic carbocycles. The summed E-state index contributed by atoms with van der Waals surface area (Å²) in [4.78, 5) is 12.3. The Morgan fingerprint density at radius 2 is 1.95 bits per heavy atom. The van der Waals surface area contributed by atoms with Crippen LogP contribution in [0.1, 0.15) is 27.0 Å². The van der Waals surface area contributed by atoms with Crippen LogP contribution in [0.15, 0.2) is 48.5 Å². The maximum atomic E-state index is 12.3. The number of aryl methyl sites for hydroxylation is 1. The smallest absolute Gasteiger partial charge is 0.252 e. The second kappa shape index (κ2) is 7.28. The average Bonchev–Trinajstić information content (AvgIpc) is 2.51. The number of hydrogen-bond acceptors (Lipinski definition) is 2. The van der Waals surface area contributed by atoms with Gasteiger partial charge in [-0.15, -0.1) is 0 Å². The highest BCUT2D eigenvalue weighted by Gasteiger charge is 2.10. The van der Waals surface area contributed by atoms with Gasteiger partial charge in [0.05, 0.1) is 12.1 Å². The molecule has 0 spiro atoms. The fourth-order valence-corrected chi connectivity index (χ4v) is 1.98. The van der Waals surface area contributed by atoms with Crippen LogP contribution in [0.25, 0.3) is 0 Å². The third-order valence-corrected chi connectivity index (χ3v) is 3.04. The van der Waals surface area contributed by atoms with E-state index in [0.29, 0.717) is 17.7 Å². The number of benzene rings is 2. The van der Waals surface area contributed by atoms with Crippen LogP contribution in [0.3, 0.4) is 0 Å². The van der Waals surface area contributed by atoms with Crippen LogP contribution >= 0.6 is 0 Å². The summed E-state index contributed by atoms with van der Waals surface area (Å²) in [5.41, 5.74) is 8.82. The Balaban J connectivity index is 2.15. The van der Waals surface area contributed by atoms with Gasteiger partial charge in [0.1, 0.15) is 0 Å². The van der Waals surface area contributed by atoms with Gasteiger partial charge in [-0.05, 0) is 30.2 Å². The van der Waals surface area contributed by atoms with Crippen molar-refractivity contribution in [1.82, 2.24) is 5.32 Å². The van der Waals surface area contributed by atoms with E-state index in [-0.39, 0.29) is 12.5 Å². The first-order chi connectivity index (χ1) is 10.2. The summed E-state index contributed by atoms with van der Waals surface area (Å²) >= 11 is 0. The van der Waals surface area contributed by atoms with Crippen LogP contribution in [0.5, 0.6) is 0 Å². The lowest BCUT2D eigenvalue weighted by molar-refractivity contribution is 0.0950. The molecule has 0 aliphatic carbocycles. The maximum absolute atomic E-state index is 12.3. The van der Waals surface area contributed by atoms with Crippen molar-refractivity contribution in [3.8, 4) is 11.8 Å². The van der Waals surface area contributed by atoms with E-state index in [1.807, 2.05) is 49.4 Å². The zero-order chi connectivity index (χ0) is 15.1. The second-order valence-corrected chi connectivity index (χ2v) is 4.72. The molecule has 0 saturated carbocycles. The number of amides is 1. The molecular formula is C18H18N2O. The number of nitrogens with two attached hydrogens (primary N) is 1. The van der Waals surface area contributed by atoms with E-state index >= 15 is 0 Å². The summed E-state index contributed by atoms with van der Waals surface area (Å²) in [7, 11) is 0. The molecule has 0 unspecified atom stereocenters. The molecule has 3 nitrogen and oxygen atoms in total. The predicted octanol–water partition coefficient (Wildman–Crippen LogP) is 2.24. The van der Waals surface area contributed by atoms with Crippen molar-refractivity contribution >= 4 is 5.91 Å². The van der Waals surface area contributed by atoms with Crippen LogP contribution in [-0.4, -0.2) is 12.5 Å². The van der Waals surface area contributed by atoms with Crippen molar-refractivity contribution in [3.63, 3.8) is 0 Å². The molecule has 0 fully saturated rings. The highest BCUT2D eigenvalue weighted by atomic mass is 16.1. The van der Waals surface area contributed by atoms with Gasteiger partial charge >= 0.3 is 0 Å². The maximum Gasteiger partial charge on any atom is 0.252 e. The highest BCUT2D eigenvalue weighted by molar-refractivity contribution is 5.96. The number of hydrogen-bond donors (Lipinski definition) is 2. The standard InChI is InChI=1S/C18H18N2O/c1-14-9-10-17(16(12-14)8-5-11-19)18(21)20-13-15-6-3-2-4-7-15/h2-4,6-7,9-10,12H,11,13,19H2,1H3,(H,20,21). The van der Waals surface area contributed by atoms with Gasteiger partial charge in [0, 0.05) is 12.1 Å². The summed E-state index contributed by atoms with van der Waals surface area (Å²) < 4.78 is 0. The van der Waals surface area contributed by atoms with Crippen molar-refractivity contribution < 1.29 is 4.79 Å². The molecule has 0 aliphatic heterocycles. The summed E-state index contributed by atoms with van der Waals surface area (Å²) in [6.45, 7) is 2.75. The van der Waals surface area contributed by atoms with Crippen LogP contribution in [0, 0.1) is 18.8 Å². The zero-order valence-electron chi connectivity index (χ0n) is 12.0. The normalized spacial score (nSPS) is 9.62. The minimum atomic E-state index is -0.125. The van der Waals surface area contributed by atoms with Crippen LogP contribution < -0.4 is 11.1 Å². The second-order valence-electron chi connectivity index (χ2n) is 4.72. The van der Waals surface area contributed by atoms with Crippen molar-refractivity contribution in [2.45, 2.75) is 13.5 Å². The first-order valence-electron chi connectivity index (χ1n) is 6.82. The van der Waals surface area contributed by atoms with E-state index in [4.69, 9.17) is 5.73 Å². The molecule has 2 aromatic rings. The zero-order valence-corrected chi connectivity index (χ0v) is 12.0. The van der Waals surface area contributed by atoms with Gasteiger partial charge in [0.2, 0.25) is 0 Å². The van der Waals surface area contributed by atoms with Gasteiger partial charge in [-0.25, -0.2) is 0 Å². The largest absolute Gasteiger partial charge is 0.348 e. The summed E-state index contributed by atoms with van der Waals surface area (Å²) in [6, 6.07) is 15.4. The minimum absolute atomic E-state index is 0.125. The fourth-order valence-electron chi connectivity index (χ4n) is 1.98. The highest BCUT2D eigenvalue weighted by Crippen LogP contribution is 2.11. The summed E-state index contributed by atoms with van der Waals surface area (Å²) in [5.74, 6) is 5.63. The van der Waals surface area contributed by atoms with Gasteiger partial charge in [-0.3, -0.25) is 4.79 Å². The molecule has 106 valence electrons. The number of carbonyl (C=O) groups excluding carboxylic acids is 1. The van der Waals surface area contributed by atoms with Crippen LogP contribution in [0.4, 0.5) is 0 Å². The monoisotopic (exact) mass is 278 g/mol. The Bertz CT molecular complexity index is 681. The van der Waals surface area contributed by atoms with Gasteiger partial charge in [0.15, 0.2) is 0 Å². The molecular weight excluding hydrogens is 260 g/mol. The predicted molar refractivity (Wildman–Crippen MR) is 84.7 cm³/mol. The van der Waals surface area contributed by atoms with Gasteiger partial charge in [0.25, 0.3) is 5.91 Å². The number of nitrogens with one attached hydrogen (secondary N) is 1. The molecule has 0 aliphatic rings. The Morgan fingerprint density at radius 3 is 2.67 bits per heavy atom. The van der Waals surface area contributed by atoms with E-state index in [2.05, 4.69) is 17.2 Å². The molecule has 0 atom stereocenters. The molecule has 2 rings (SSSR count). The van der Waals surface area contributed by atoms with E-state index in [0.717, 1.165) is 11.1 Å². The van der Waals surface area contributed by atoms with Crippen molar-refractivity contribution in [3.05, 3.63) is 70.8 Å². The molecule has 0 saturated heterocycles. The minimum Gasteiger partial charge on any atom is -0.348 e. The van der Waals surface area contributed by atoms with E-state index in [1.165, 1.54) is 0 Å². The third kappa shape index (κ3) is 4.20. The Labute approximate surface area is 125 Å². The lowest BCUT2D eigenvalue weighted by atomic mass is 10.0. The van der Waals surface area contributed by atoms with Crippen molar-refractivity contribution in [2.24, 2.45) is 5.73 Å². The van der Waals surface area contributed by atoms with E-state index < -0.39 is 0 Å². The Hall–Kier alpha value is -2.57. The van der Waals surface area contributed by atoms with E-state index in [1.54, 1.807) is 6.07 Å². The summed E-state index contributed by atoms with van der Waals surface area (Å²) in [6.07, 6.45) is 0. The SMILES string of the molecule is Cc1ccc(C(=O)NCc2ccccc2)c(C#CCN)c1. The quantitative estimate of drug-likeness (QED) is 0.846. The lowest BCUT2D eigenvalue weighted by Crippen LogP contribution is -2.23. The summed E-state index contributed by atoms with van der Waals surface area (Å²) in [5, 5.41) is 2.91. The molecule has 1 amide bonds. The number of rotatable bonds is 3. The molecule has 0 radical (unpaired) electrons. The van der Waals surface area contributed by atoms with Gasteiger partial charge in [-0.1, -0.05) is 48.2 Å². The lowest BCUT2D eigenvalue weighted by Gasteiger charge is -2.08. The topological polar surface area (TPSA) is 55.1 Å². The first-order valence-corrected chi connectivity index (χ1v) is 6.82.